The average molecular weight is 533 g/mol. The second-order valence-electron chi connectivity index (χ2n) is 11.1. The lowest BCUT2D eigenvalue weighted by atomic mass is 9.84. The van der Waals surface area contributed by atoms with Gasteiger partial charge in [-0.3, -0.25) is 0 Å². The lowest BCUT2D eigenvalue weighted by Crippen LogP contribution is -2.39. The molecule has 2 unspecified atom stereocenters. The molecule has 4 aromatic rings. The van der Waals surface area contributed by atoms with E-state index in [1.54, 1.807) is 13.3 Å². The highest BCUT2D eigenvalue weighted by molar-refractivity contribution is 6.00. The normalized spacial score (nSPS) is 23.1. The summed E-state index contributed by atoms with van der Waals surface area (Å²) in [7, 11) is 3.73. The molecule has 10 heteroatoms. The maximum atomic E-state index is 13.4. The van der Waals surface area contributed by atoms with Crippen LogP contribution >= 0.6 is 0 Å². The molecule has 0 amide bonds. The van der Waals surface area contributed by atoms with Crippen molar-refractivity contribution in [2.24, 2.45) is 0 Å². The van der Waals surface area contributed by atoms with Gasteiger partial charge in [0.15, 0.2) is 5.75 Å². The van der Waals surface area contributed by atoms with Gasteiger partial charge < -0.3 is 24.3 Å². The summed E-state index contributed by atoms with van der Waals surface area (Å²) in [6.07, 6.45) is 5.42. The predicted octanol–water partition coefficient (Wildman–Crippen LogP) is 5.85. The van der Waals surface area contributed by atoms with Crippen LogP contribution in [0, 0.1) is 11.3 Å². The number of hydrogen-bond donors (Lipinski definition) is 2. The number of benzene rings is 1. The summed E-state index contributed by atoms with van der Waals surface area (Å²) < 4.78 is 38.1. The second kappa shape index (κ2) is 9.19. The van der Waals surface area contributed by atoms with E-state index in [0.29, 0.717) is 63.0 Å². The van der Waals surface area contributed by atoms with E-state index < -0.39 is 13.0 Å². The monoisotopic (exact) mass is 532 g/mol. The summed E-state index contributed by atoms with van der Waals surface area (Å²) in [5, 5.41) is 10.6. The van der Waals surface area contributed by atoms with Gasteiger partial charge in [-0.15, -0.1) is 0 Å². The van der Waals surface area contributed by atoms with E-state index in [2.05, 4.69) is 33.0 Å². The Balaban J connectivity index is 1.38. The summed E-state index contributed by atoms with van der Waals surface area (Å²) >= 11 is 0. The van der Waals surface area contributed by atoms with E-state index in [0.717, 1.165) is 42.5 Å². The molecule has 39 heavy (non-hydrogen) atoms. The maximum Gasteiger partial charge on any atom is 0.272 e. The Hall–Kier alpha value is -3.71. The van der Waals surface area contributed by atoms with Crippen molar-refractivity contribution >= 4 is 21.9 Å². The first-order valence-corrected chi connectivity index (χ1v) is 13.6. The van der Waals surface area contributed by atoms with Crippen molar-refractivity contribution in [3.63, 3.8) is 0 Å². The first kappa shape index (κ1) is 24.3. The molecule has 2 saturated heterocycles. The Morgan fingerprint density at radius 2 is 1.90 bits per heavy atom. The Kier molecular flexibility index (Phi) is 5.74. The van der Waals surface area contributed by atoms with E-state index in [1.807, 2.05) is 12.1 Å². The number of aromatic amines is 2. The smallest absolute Gasteiger partial charge is 0.272 e. The summed E-state index contributed by atoms with van der Waals surface area (Å²) in [6, 6.07) is 7.30. The highest BCUT2D eigenvalue weighted by Gasteiger charge is 2.40. The number of H-pyrrole nitrogens is 2. The molecule has 3 fully saturated rings. The van der Waals surface area contributed by atoms with Crippen LogP contribution in [0.25, 0.3) is 33.3 Å². The van der Waals surface area contributed by atoms with Gasteiger partial charge in [0.05, 0.1) is 23.7 Å². The number of aromatic nitrogens is 4. The van der Waals surface area contributed by atoms with E-state index in [9.17, 15) is 14.0 Å². The summed E-state index contributed by atoms with van der Waals surface area (Å²) in [6.45, 7) is -0.693. The van der Waals surface area contributed by atoms with Crippen molar-refractivity contribution in [1.82, 2.24) is 24.8 Å². The first-order chi connectivity index (χ1) is 19.0. The van der Waals surface area contributed by atoms with Gasteiger partial charge in [-0.1, -0.05) is 6.07 Å². The number of piperidine rings is 1. The molecular formula is C29H30F2N6O2. The number of imidazole rings is 1. The van der Waals surface area contributed by atoms with Crippen LogP contribution in [0.4, 0.5) is 8.78 Å². The Morgan fingerprint density at radius 1 is 1.13 bits per heavy atom. The standard InChI is InChI=1S/C29H30F2N6O2/c1-37-16-5-6-17(37)10-15(9-16)18-7-8-21-26(27(18)39-13-22(30)31)36-28(34-21)23-25-20(12-33-29(23)38-2)19(11-32)24(35-25)14-3-4-14/h7-8,12,14-17,22,35H,3-6,9-10,13H2,1-2H3,(H,34,36). The van der Waals surface area contributed by atoms with Crippen molar-refractivity contribution in [3.8, 4) is 29.1 Å². The minimum Gasteiger partial charge on any atom is -0.485 e. The molecular weight excluding hydrogens is 502 g/mol. The van der Waals surface area contributed by atoms with Gasteiger partial charge in [0, 0.05) is 35.3 Å². The van der Waals surface area contributed by atoms with E-state index >= 15 is 0 Å². The Labute approximate surface area is 224 Å². The second-order valence-corrected chi connectivity index (χ2v) is 11.1. The van der Waals surface area contributed by atoms with Crippen LogP contribution in [0.1, 0.15) is 67.2 Å². The maximum absolute atomic E-state index is 13.4. The predicted molar refractivity (Wildman–Crippen MR) is 142 cm³/mol. The fraction of sp³-hybridized carbons (Fsp3) is 0.483. The number of pyridine rings is 1. The van der Waals surface area contributed by atoms with Crippen LogP contribution in [0.15, 0.2) is 18.3 Å². The van der Waals surface area contributed by atoms with Crippen LogP contribution in [0.2, 0.25) is 0 Å². The van der Waals surface area contributed by atoms with Crippen molar-refractivity contribution in [1.29, 1.82) is 5.26 Å². The van der Waals surface area contributed by atoms with E-state index in [1.165, 1.54) is 12.8 Å². The number of alkyl halides is 2. The number of hydrogen-bond acceptors (Lipinski definition) is 6. The fourth-order valence-electron chi connectivity index (χ4n) is 6.80. The van der Waals surface area contributed by atoms with Crippen LogP contribution in [0.3, 0.4) is 0 Å². The third-order valence-corrected chi connectivity index (χ3v) is 8.90. The molecule has 1 aliphatic carbocycles. The molecule has 1 aromatic carbocycles. The number of methoxy groups -OCH3 is 1. The molecule has 8 nitrogen and oxygen atoms in total. The van der Waals surface area contributed by atoms with E-state index in [-0.39, 0.29) is 5.92 Å². The largest absolute Gasteiger partial charge is 0.485 e. The number of nitrogens with zero attached hydrogens (tertiary/aromatic N) is 4. The Morgan fingerprint density at radius 3 is 2.56 bits per heavy atom. The minimum absolute atomic E-state index is 0.221. The first-order valence-electron chi connectivity index (χ1n) is 13.6. The third kappa shape index (κ3) is 3.94. The fourth-order valence-corrected chi connectivity index (χ4v) is 6.80. The highest BCUT2D eigenvalue weighted by Crippen LogP contribution is 2.48. The average Bonchev–Trinajstić information content (AvgIpc) is 3.53. The molecule has 2 aliphatic heterocycles. The number of halogens is 2. The molecule has 3 aliphatic rings. The summed E-state index contributed by atoms with van der Waals surface area (Å²) in [5.74, 6) is 1.82. The van der Waals surface area contributed by atoms with Crippen LogP contribution in [-0.2, 0) is 0 Å². The SMILES string of the molecule is COc1ncc2c(C#N)c(C3CC3)[nH]c2c1-c1nc2c(OCC(F)F)c(C3CC4CCC(C3)N4C)ccc2[nH]1. The van der Waals surface area contributed by atoms with Gasteiger partial charge >= 0.3 is 0 Å². The third-order valence-electron chi connectivity index (χ3n) is 8.90. The molecule has 2 atom stereocenters. The molecule has 2 bridgehead atoms. The molecule has 2 N–H and O–H groups in total. The Bertz CT molecular complexity index is 1600. The minimum atomic E-state index is -2.60. The molecule has 5 heterocycles. The van der Waals surface area contributed by atoms with Gasteiger partial charge in [-0.2, -0.15) is 5.26 Å². The zero-order chi connectivity index (χ0) is 26.8. The number of nitrogens with one attached hydrogen (secondary N) is 2. The zero-order valence-corrected chi connectivity index (χ0v) is 21.9. The van der Waals surface area contributed by atoms with Gasteiger partial charge in [-0.25, -0.2) is 18.7 Å². The molecule has 1 saturated carbocycles. The molecule has 0 radical (unpaired) electrons. The highest BCUT2D eigenvalue weighted by atomic mass is 19.3. The van der Waals surface area contributed by atoms with Crippen molar-refractivity contribution in [3.05, 3.63) is 35.2 Å². The molecule has 3 aromatic heterocycles. The van der Waals surface area contributed by atoms with Gasteiger partial charge in [0.2, 0.25) is 5.88 Å². The van der Waals surface area contributed by atoms with Crippen LogP contribution in [-0.4, -0.2) is 64.1 Å². The van der Waals surface area contributed by atoms with Gasteiger partial charge in [0.1, 0.15) is 29.6 Å². The quantitative estimate of drug-likeness (QED) is 0.310. The van der Waals surface area contributed by atoms with Gasteiger partial charge in [0.25, 0.3) is 6.43 Å². The van der Waals surface area contributed by atoms with Crippen LogP contribution in [0.5, 0.6) is 11.6 Å². The van der Waals surface area contributed by atoms with Crippen molar-refractivity contribution in [2.45, 2.75) is 68.9 Å². The lowest BCUT2D eigenvalue weighted by Gasteiger charge is -2.37. The number of nitriles is 1. The zero-order valence-electron chi connectivity index (χ0n) is 21.9. The summed E-state index contributed by atoms with van der Waals surface area (Å²) in [4.78, 5) is 18.7. The summed E-state index contributed by atoms with van der Waals surface area (Å²) in [5.41, 5.74) is 4.98. The number of ether oxygens (including phenoxy) is 2. The number of rotatable bonds is 7. The molecule has 0 spiro atoms. The topological polar surface area (TPSA) is 103 Å². The number of fused-ring (bicyclic) bond motifs is 4. The van der Waals surface area contributed by atoms with E-state index in [4.69, 9.17) is 14.5 Å². The lowest BCUT2D eigenvalue weighted by molar-refractivity contribution is 0.0812. The molecule has 7 rings (SSSR count). The molecule has 202 valence electrons. The van der Waals surface area contributed by atoms with Crippen LogP contribution < -0.4 is 9.47 Å². The van der Waals surface area contributed by atoms with Crippen molar-refractivity contribution in [2.75, 3.05) is 20.8 Å². The van der Waals surface area contributed by atoms with Crippen molar-refractivity contribution < 1.29 is 18.3 Å². The van der Waals surface area contributed by atoms with Gasteiger partial charge in [-0.05, 0) is 63.1 Å².